The number of ether oxygens (including phenoxy) is 2. The molecule has 13 heteroatoms. The van der Waals surface area contributed by atoms with E-state index in [0.717, 1.165) is 30.5 Å². The van der Waals surface area contributed by atoms with Gasteiger partial charge in [0.15, 0.2) is 0 Å². The van der Waals surface area contributed by atoms with Gasteiger partial charge in [-0.3, -0.25) is 9.52 Å². The predicted octanol–water partition coefficient (Wildman–Crippen LogP) is 3.09. The van der Waals surface area contributed by atoms with E-state index in [0.29, 0.717) is 13.0 Å². The van der Waals surface area contributed by atoms with Gasteiger partial charge in [0.25, 0.3) is 0 Å². The normalized spacial score (nSPS) is 16.1. The number of aromatic nitrogens is 1. The van der Waals surface area contributed by atoms with Crippen LogP contribution in [0.3, 0.4) is 0 Å². The fraction of sp³-hybridized carbons (Fsp3) is 0.304. The van der Waals surface area contributed by atoms with E-state index in [2.05, 4.69) is 16.2 Å². The van der Waals surface area contributed by atoms with Crippen molar-refractivity contribution < 1.29 is 40.2 Å². The van der Waals surface area contributed by atoms with Gasteiger partial charge in [0, 0.05) is 24.6 Å². The van der Waals surface area contributed by atoms with Gasteiger partial charge < -0.3 is 14.8 Å². The number of halogens is 4. The highest BCUT2D eigenvalue weighted by molar-refractivity contribution is 7.92. The van der Waals surface area contributed by atoms with E-state index < -0.39 is 39.7 Å². The van der Waals surface area contributed by atoms with Crippen LogP contribution >= 0.6 is 0 Å². The molecular weight excluding hydrogens is 506 g/mol. The lowest BCUT2D eigenvalue weighted by Crippen LogP contribution is -2.21. The Morgan fingerprint density at radius 3 is 2.72 bits per heavy atom. The summed E-state index contributed by atoms with van der Waals surface area (Å²) in [5.41, 5.74) is -1.19. The first-order valence-corrected chi connectivity index (χ1v) is 12.3. The van der Waals surface area contributed by atoms with Crippen LogP contribution in [0.15, 0.2) is 30.3 Å². The number of nitrogens with zero attached hydrogens (tertiary/aromatic N) is 1. The number of alkyl halides is 3. The Kier molecular flexibility index (Phi) is 8.21. The number of hydrogen-bond acceptors (Lipinski definition) is 6. The van der Waals surface area contributed by atoms with E-state index in [1.54, 1.807) is 0 Å². The summed E-state index contributed by atoms with van der Waals surface area (Å²) in [6, 6.07) is 4.24. The molecule has 1 aliphatic heterocycles. The Morgan fingerprint density at radius 2 is 2.11 bits per heavy atom. The topological polar surface area (TPSA) is 107 Å². The average Bonchev–Trinajstić information content (AvgIpc) is 3.30. The zero-order valence-corrected chi connectivity index (χ0v) is 19.7. The van der Waals surface area contributed by atoms with Gasteiger partial charge in [0.1, 0.15) is 17.6 Å². The summed E-state index contributed by atoms with van der Waals surface area (Å²) in [5, 5.41) is 2.48. The standard InChI is InChI=1S/C23H21F4N3O5S/c1-3-15-10-14(11-18(24)21(15)30-36(2,32)33)12-28-20(31)7-5-16-4-6-19(23(25,26)27)29-22(16)35-17-8-9-34-13-17/h1,4-7,10-11,17,30H,8-9,12-13H2,2H3,(H,28,31)/b7-5+. The average molecular weight is 527 g/mol. The van der Waals surface area contributed by atoms with Crippen molar-refractivity contribution in [2.45, 2.75) is 25.2 Å². The minimum atomic E-state index is -4.68. The molecule has 2 heterocycles. The SMILES string of the molecule is C#Cc1cc(CNC(=O)/C=C/c2ccc(C(F)(F)F)nc2OC2CCOC2)cc(F)c1NS(C)(=O)=O. The van der Waals surface area contributed by atoms with E-state index in [9.17, 15) is 30.8 Å². The Morgan fingerprint density at radius 1 is 1.36 bits per heavy atom. The molecule has 36 heavy (non-hydrogen) atoms. The first-order valence-electron chi connectivity index (χ1n) is 10.4. The predicted molar refractivity (Wildman–Crippen MR) is 123 cm³/mol. The molecule has 2 N–H and O–H groups in total. The zero-order valence-electron chi connectivity index (χ0n) is 18.9. The lowest BCUT2D eigenvalue weighted by molar-refractivity contribution is -0.141. The van der Waals surface area contributed by atoms with E-state index in [-0.39, 0.29) is 41.4 Å². The van der Waals surface area contributed by atoms with Crippen molar-refractivity contribution in [3.05, 3.63) is 58.5 Å². The van der Waals surface area contributed by atoms with Crippen molar-refractivity contribution in [2.24, 2.45) is 0 Å². The molecule has 0 bridgehead atoms. The first kappa shape index (κ1) is 27.0. The van der Waals surface area contributed by atoms with Gasteiger partial charge in [-0.25, -0.2) is 17.8 Å². The molecule has 2 aromatic rings. The summed E-state index contributed by atoms with van der Waals surface area (Å²) in [5.74, 6) is 0.315. The van der Waals surface area contributed by atoms with Crippen molar-refractivity contribution in [1.29, 1.82) is 0 Å². The highest BCUT2D eigenvalue weighted by Crippen LogP contribution is 2.31. The van der Waals surface area contributed by atoms with Crippen LogP contribution in [-0.4, -0.2) is 44.9 Å². The summed E-state index contributed by atoms with van der Waals surface area (Å²) < 4.78 is 89.2. The largest absolute Gasteiger partial charge is 0.471 e. The molecule has 8 nitrogen and oxygen atoms in total. The maximum absolute atomic E-state index is 14.4. The number of nitrogens with one attached hydrogen (secondary N) is 2. The number of terminal acetylenes is 1. The molecule has 1 fully saturated rings. The molecule has 1 atom stereocenters. The van der Waals surface area contributed by atoms with Crippen LogP contribution in [0.25, 0.3) is 6.08 Å². The molecule has 3 rings (SSSR count). The van der Waals surface area contributed by atoms with E-state index in [1.807, 2.05) is 4.72 Å². The Bertz CT molecular complexity index is 1310. The van der Waals surface area contributed by atoms with Crippen molar-refractivity contribution in [3.63, 3.8) is 0 Å². The highest BCUT2D eigenvalue weighted by atomic mass is 32.2. The maximum Gasteiger partial charge on any atom is 0.433 e. The Labute approximate surface area is 204 Å². The second-order valence-electron chi connectivity index (χ2n) is 7.76. The molecule has 1 aliphatic rings. The molecular formula is C23H21F4N3O5S. The molecule has 1 amide bonds. The summed E-state index contributed by atoms with van der Waals surface area (Å²) in [7, 11) is -3.78. The Hall–Kier alpha value is -3.63. The van der Waals surface area contributed by atoms with Crippen molar-refractivity contribution >= 4 is 27.7 Å². The van der Waals surface area contributed by atoms with Gasteiger partial charge in [0.05, 0.1) is 30.7 Å². The smallest absolute Gasteiger partial charge is 0.433 e. The van der Waals surface area contributed by atoms with Gasteiger partial charge in [0.2, 0.25) is 21.8 Å². The first-order chi connectivity index (χ1) is 16.9. The molecule has 1 aromatic heterocycles. The number of benzene rings is 1. The monoisotopic (exact) mass is 527 g/mol. The maximum atomic E-state index is 14.4. The van der Waals surface area contributed by atoms with Gasteiger partial charge in [-0.05, 0) is 35.9 Å². The van der Waals surface area contributed by atoms with Crippen molar-refractivity contribution in [2.75, 3.05) is 24.2 Å². The quantitative estimate of drug-likeness (QED) is 0.311. The molecule has 192 valence electrons. The third kappa shape index (κ3) is 7.43. The summed E-state index contributed by atoms with van der Waals surface area (Å²) in [4.78, 5) is 15.8. The second kappa shape index (κ2) is 11.0. The number of rotatable bonds is 8. The minimum absolute atomic E-state index is 0.0614. The third-order valence-electron chi connectivity index (χ3n) is 4.82. The van der Waals surface area contributed by atoms with Crippen LogP contribution < -0.4 is 14.8 Å². The fourth-order valence-corrected chi connectivity index (χ4v) is 3.75. The molecule has 0 saturated carbocycles. The second-order valence-corrected chi connectivity index (χ2v) is 9.51. The molecule has 1 aromatic carbocycles. The van der Waals surface area contributed by atoms with E-state index >= 15 is 0 Å². The highest BCUT2D eigenvalue weighted by Gasteiger charge is 2.33. The number of sulfonamides is 1. The minimum Gasteiger partial charge on any atom is -0.471 e. The lowest BCUT2D eigenvalue weighted by Gasteiger charge is -2.15. The van der Waals surface area contributed by atoms with Crippen LogP contribution in [0.5, 0.6) is 5.88 Å². The van der Waals surface area contributed by atoms with Gasteiger partial charge >= 0.3 is 6.18 Å². The van der Waals surface area contributed by atoms with Crippen LogP contribution in [0, 0.1) is 18.2 Å². The van der Waals surface area contributed by atoms with Crippen molar-refractivity contribution in [1.82, 2.24) is 10.3 Å². The summed E-state index contributed by atoms with van der Waals surface area (Å²) in [6.07, 6.45) is 3.81. The number of amides is 1. The molecule has 0 spiro atoms. The van der Waals surface area contributed by atoms with Crippen LogP contribution in [0.1, 0.15) is 28.8 Å². The third-order valence-corrected chi connectivity index (χ3v) is 5.40. The van der Waals surface area contributed by atoms with Crippen molar-refractivity contribution in [3.8, 4) is 18.2 Å². The van der Waals surface area contributed by atoms with Crippen LogP contribution in [-0.2, 0) is 32.3 Å². The molecule has 0 radical (unpaired) electrons. The fourth-order valence-electron chi connectivity index (χ4n) is 3.18. The number of carbonyl (C=O) groups excluding carboxylic acids is 1. The van der Waals surface area contributed by atoms with Crippen LogP contribution in [0.2, 0.25) is 0 Å². The van der Waals surface area contributed by atoms with Crippen LogP contribution in [0.4, 0.5) is 23.2 Å². The molecule has 1 unspecified atom stereocenters. The van der Waals surface area contributed by atoms with E-state index in [4.69, 9.17) is 15.9 Å². The summed E-state index contributed by atoms with van der Waals surface area (Å²) >= 11 is 0. The molecule has 1 saturated heterocycles. The number of carbonyl (C=O) groups is 1. The zero-order chi connectivity index (χ0) is 26.5. The number of anilines is 1. The Balaban J connectivity index is 1.73. The van der Waals surface area contributed by atoms with Gasteiger partial charge in [-0.2, -0.15) is 13.2 Å². The lowest BCUT2D eigenvalue weighted by atomic mass is 10.1. The summed E-state index contributed by atoms with van der Waals surface area (Å²) in [6.45, 7) is 0.447. The number of hydrogen-bond donors (Lipinski definition) is 2. The van der Waals surface area contributed by atoms with E-state index in [1.165, 1.54) is 12.1 Å². The van der Waals surface area contributed by atoms with Gasteiger partial charge in [-0.15, -0.1) is 6.42 Å². The van der Waals surface area contributed by atoms with Gasteiger partial charge in [-0.1, -0.05) is 5.92 Å². The number of pyridine rings is 1. The molecule has 0 aliphatic carbocycles.